The zero-order valence-electron chi connectivity index (χ0n) is 9.10. The molecule has 86 valence electrons. The van der Waals surface area contributed by atoms with Gasteiger partial charge in [-0.05, 0) is 23.8 Å². The Morgan fingerprint density at radius 3 is 2.71 bits per heavy atom. The Labute approximate surface area is 105 Å². The summed E-state index contributed by atoms with van der Waals surface area (Å²) in [6.45, 7) is 0.394. The van der Waals surface area contributed by atoms with E-state index in [4.69, 9.17) is 16.3 Å². The van der Waals surface area contributed by atoms with Gasteiger partial charge in [0.05, 0.1) is 5.02 Å². The van der Waals surface area contributed by atoms with Crippen LogP contribution >= 0.6 is 11.6 Å². The van der Waals surface area contributed by atoms with Gasteiger partial charge in [-0.3, -0.25) is 4.79 Å². The highest BCUT2D eigenvalue weighted by molar-refractivity contribution is 6.32. The van der Waals surface area contributed by atoms with Gasteiger partial charge in [-0.1, -0.05) is 41.9 Å². The van der Waals surface area contributed by atoms with Crippen LogP contribution in [0, 0.1) is 0 Å². The van der Waals surface area contributed by atoms with E-state index in [-0.39, 0.29) is 0 Å². The highest BCUT2D eigenvalue weighted by Crippen LogP contribution is 2.24. The minimum atomic E-state index is 0.394. The standard InChI is InChI=1S/C14H11ClO2/c15-13-6-1-2-7-14(13)17-10-12-5-3-4-11(8-12)9-16/h1-9H,10H2. The van der Waals surface area contributed by atoms with Crippen molar-refractivity contribution in [2.75, 3.05) is 0 Å². The average Bonchev–Trinajstić information content (AvgIpc) is 2.38. The molecule has 0 bridgehead atoms. The summed E-state index contributed by atoms with van der Waals surface area (Å²) >= 11 is 5.97. The van der Waals surface area contributed by atoms with Crippen LogP contribution in [0.2, 0.25) is 5.02 Å². The van der Waals surface area contributed by atoms with Gasteiger partial charge in [0.1, 0.15) is 18.6 Å². The molecule has 0 spiro atoms. The van der Waals surface area contributed by atoms with Crippen molar-refractivity contribution in [1.29, 1.82) is 0 Å². The second kappa shape index (κ2) is 5.51. The molecule has 0 radical (unpaired) electrons. The molecule has 0 aliphatic carbocycles. The van der Waals surface area contributed by atoms with Gasteiger partial charge >= 0.3 is 0 Å². The first-order chi connectivity index (χ1) is 8.29. The normalized spacial score (nSPS) is 9.94. The van der Waals surface area contributed by atoms with E-state index in [0.29, 0.717) is 22.9 Å². The summed E-state index contributed by atoms with van der Waals surface area (Å²) in [7, 11) is 0. The van der Waals surface area contributed by atoms with Gasteiger partial charge in [-0.25, -0.2) is 0 Å². The minimum Gasteiger partial charge on any atom is -0.487 e. The van der Waals surface area contributed by atoms with Gasteiger partial charge < -0.3 is 4.74 Å². The van der Waals surface area contributed by atoms with Crippen molar-refractivity contribution in [3.8, 4) is 5.75 Å². The van der Waals surface area contributed by atoms with Gasteiger partial charge in [0.25, 0.3) is 0 Å². The Morgan fingerprint density at radius 2 is 1.94 bits per heavy atom. The Bertz CT molecular complexity index is 523. The first-order valence-corrected chi connectivity index (χ1v) is 5.59. The van der Waals surface area contributed by atoms with Crippen molar-refractivity contribution in [1.82, 2.24) is 0 Å². The lowest BCUT2D eigenvalue weighted by Crippen LogP contribution is -1.96. The highest BCUT2D eigenvalue weighted by atomic mass is 35.5. The predicted molar refractivity (Wildman–Crippen MR) is 67.6 cm³/mol. The topological polar surface area (TPSA) is 26.3 Å². The zero-order chi connectivity index (χ0) is 12.1. The number of aldehydes is 1. The summed E-state index contributed by atoms with van der Waals surface area (Å²) in [6, 6.07) is 14.6. The first kappa shape index (κ1) is 11.7. The summed E-state index contributed by atoms with van der Waals surface area (Å²) in [5.41, 5.74) is 1.58. The second-order valence-electron chi connectivity index (χ2n) is 3.58. The molecule has 0 saturated carbocycles. The van der Waals surface area contributed by atoms with E-state index in [9.17, 15) is 4.79 Å². The van der Waals surface area contributed by atoms with E-state index in [2.05, 4.69) is 0 Å². The third-order valence-corrected chi connectivity index (χ3v) is 2.63. The largest absolute Gasteiger partial charge is 0.487 e. The summed E-state index contributed by atoms with van der Waals surface area (Å²) in [5.74, 6) is 0.644. The molecule has 0 aliphatic rings. The third kappa shape index (κ3) is 3.08. The molecule has 2 aromatic rings. The van der Waals surface area contributed by atoms with Gasteiger partial charge in [-0.2, -0.15) is 0 Å². The van der Waals surface area contributed by atoms with Gasteiger partial charge in [0.15, 0.2) is 0 Å². The molecule has 0 amide bonds. The molecule has 2 nitrogen and oxygen atoms in total. The Balaban J connectivity index is 2.07. The van der Waals surface area contributed by atoms with Gasteiger partial charge in [0.2, 0.25) is 0 Å². The molecule has 0 atom stereocenters. The number of benzene rings is 2. The number of halogens is 1. The summed E-state index contributed by atoms with van der Waals surface area (Å²) in [4.78, 5) is 10.6. The lowest BCUT2D eigenvalue weighted by molar-refractivity contribution is 0.112. The van der Waals surface area contributed by atoms with Crippen LogP contribution in [0.4, 0.5) is 0 Å². The SMILES string of the molecule is O=Cc1cccc(COc2ccccc2Cl)c1. The molecule has 3 heteroatoms. The molecule has 2 rings (SSSR count). The van der Waals surface area contributed by atoms with E-state index in [1.807, 2.05) is 30.3 Å². The lowest BCUT2D eigenvalue weighted by Gasteiger charge is -2.07. The molecule has 17 heavy (non-hydrogen) atoms. The maximum Gasteiger partial charge on any atom is 0.150 e. The summed E-state index contributed by atoms with van der Waals surface area (Å²) in [5, 5.41) is 0.582. The first-order valence-electron chi connectivity index (χ1n) is 5.21. The number of ether oxygens (including phenoxy) is 1. The van der Waals surface area contributed by atoms with E-state index >= 15 is 0 Å². The van der Waals surface area contributed by atoms with Crippen molar-refractivity contribution in [2.24, 2.45) is 0 Å². The zero-order valence-corrected chi connectivity index (χ0v) is 9.85. The van der Waals surface area contributed by atoms with Crippen molar-refractivity contribution in [2.45, 2.75) is 6.61 Å². The third-order valence-electron chi connectivity index (χ3n) is 2.32. The van der Waals surface area contributed by atoms with E-state index in [1.54, 1.807) is 18.2 Å². The maximum absolute atomic E-state index is 10.6. The van der Waals surface area contributed by atoms with Crippen LogP contribution in [-0.4, -0.2) is 6.29 Å². The Morgan fingerprint density at radius 1 is 1.12 bits per heavy atom. The molecule has 0 saturated heterocycles. The molecule has 0 N–H and O–H groups in total. The quantitative estimate of drug-likeness (QED) is 0.769. The fourth-order valence-electron chi connectivity index (χ4n) is 1.48. The van der Waals surface area contributed by atoms with Crippen LogP contribution < -0.4 is 4.74 Å². The van der Waals surface area contributed by atoms with Crippen molar-refractivity contribution in [3.63, 3.8) is 0 Å². The van der Waals surface area contributed by atoms with Crippen molar-refractivity contribution >= 4 is 17.9 Å². The van der Waals surface area contributed by atoms with Crippen LogP contribution in [0.15, 0.2) is 48.5 Å². The van der Waals surface area contributed by atoms with Crippen LogP contribution in [-0.2, 0) is 6.61 Å². The number of rotatable bonds is 4. The number of carbonyl (C=O) groups excluding carboxylic acids is 1. The van der Waals surface area contributed by atoms with Crippen molar-refractivity contribution < 1.29 is 9.53 Å². The fraction of sp³-hybridized carbons (Fsp3) is 0.0714. The maximum atomic E-state index is 10.6. The molecule has 0 heterocycles. The highest BCUT2D eigenvalue weighted by Gasteiger charge is 2.01. The lowest BCUT2D eigenvalue weighted by atomic mass is 10.1. The predicted octanol–water partition coefficient (Wildman–Crippen LogP) is 3.73. The number of para-hydroxylation sites is 1. The molecule has 0 fully saturated rings. The van der Waals surface area contributed by atoms with E-state index in [0.717, 1.165) is 11.8 Å². The number of hydrogen-bond donors (Lipinski definition) is 0. The smallest absolute Gasteiger partial charge is 0.150 e. The van der Waals surface area contributed by atoms with Crippen LogP contribution in [0.3, 0.4) is 0 Å². The van der Waals surface area contributed by atoms with Crippen molar-refractivity contribution in [3.05, 3.63) is 64.7 Å². The van der Waals surface area contributed by atoms with Crippen LogP contribution in [0.5, 0.6) is 5.75 Å². The molecular weight excluding hydrogens is 236 g/mol. The molecule has 0 aliphatic heterocycles. The van der Waals surface area contributed by atoms with E-state index < -0.39 is 0 Å². The Kier molecular flexibility index (Phi) is 3.78. The monoisotopic (exact) mass is 246 g/mol. The molecule has 0 unspecified atom stereocenters. The fourth-order valence-corrected chi connectivity index (χ4v) is 1.67. The molecule has 0 aromatic heterocycles. The number of hydrogen-bond acceptors (Lipinski definition) is 2. The average molecular weight is 247 g/mol. The Hall–Kier alpha value is -1.80. The molecular formula is C14H11ClO2. The molecule has 2 aromatic carbocycles. The minimum absolute atomic E-state index is 0.394. The summed E-state index contributed by atoms with van der Waals surface area (Å²) in [6.07, 6.45) is 0.818. The van der Waals surface area contributed by atoms with Gasteiger partial charge in [0, 0.05) is 5.56 Å². The second-order valence-corrected chi connectivity index (χ2v) is 3.99. The van der Waals surface area contributed by atoms with Gasteiger partial charge in [-0.15, -0.1) is 0 Å². The van der Waals surface area contributed by atoms with Crippen LogP contribution in [0.25, 0.3) is 0 Å². The van der Waals surface area contributed by atoms with E-state index in [1.165, 1.54) is 0 Å². The summed E-state index contributed by atoms with van der Waals surface area (Å²) < 4.78 is 5.57. The number of carbonyl (C=O) groups is 1. The van der Waals surface area contributed by atoms with Crippen LogP contribution in [0.1, 0.15) is 15.9 Å².